The summed E-state index contributed by atoms with van der Waals surface area (Å²) >= 11 is 0. The minimum atomic E-state index is 1.24. The Labute approximate surface area is 743 Å². The molecule has 0 fully saturated rings. The second-order valence-corrected chi connectivity index (χ2v) is 33.9. The smallest absolute Gasteiger partial charge is 0.00201 e. The Morgan fingerprint density at radius 3 is 0.602 bits per heavy atom. The van der Waals surface area contributed by atoms with Crippen molar-refractivity contribution in [3.8, 4) is 100 Å². The largest absolute Gasteiger partial charge is 0.0622 e. The van der Waals surface area contributed by atoms with Crippen LogP contribution >= 0.6 is 0 Å². The van der Waals surface area contributed by atoms with E-state index in [9.17, 15) is 0 Å². The normalized spacial score (nSPS) is 11.6. The molecule has 0 N–H and O–H groups in total. The molecular weight excluding hydrogens is 1540 g/mol. The van der Waals surface area contributed by atoms with Crippen LogP contribution in [0.1, 0.15) is 0 Å². The summed E-state index contributed by atoms with van der Waals surface area (Å²) in [6.45, 7) is 0. The first-order valence-electron chi connectivity index (χ1n) is 44.4. The molecule has 128 heavy (non-hydrogen) atoms. The highest BCUT2D eigenvalue weighted by Gasteiger charge is 2.24. The fourth-order valence-corrected chi connectivity index (χ4v) is 20.7. The first-order chi connectivity index (χ1) is 63.5. The average molecular weight is 1620 g/mol. The summed E-state index contributed by atoms with van der Waals surface area (Å²) in [6.07, 6.45) is 0. The fraction of sp³-hybridized carbons (Fsp3) is 0. The van der Waals surface area contributed by atoms with Crippen LogP contribution in [0.3, 0.4) is 0 Å². The van der Waals surface area contributed by atoms with Crippen molar-refractivity contribution in [3.05, 3.63) is 497 Å². The van der Waals surface area contributed by atoms with Crippen molar-refractivity contribution >= 4 is 151 Å². The highest BCUT2D eigenvalue weighted by Crippen LogP contribution is 2.51. The predicted molar refractivity (Wildman–Crippen MR) is 553 cm³/mol. The lowest BCUT2D eigenvalue weighted by molar-refractivity contribution is 1.64. The van der Waals surface area contributed by atoms with E-state index in [1.165, 1.54) is 251 Å². The van der Waals surface area contributed by atoms with Crippen molar-refractivity contribution in [2.75, 3.05) is 0 Å². The third kappa shape index (κ3) is 13.2. The van der Waals surface area contributed by atoms with Gasteiger partial charge in [-0.25, -0.2) is 0 Å². The van der Waals surface area contributed by atoms with E-state index < -0.39 is 0 Å². The molecule has 26 aromatic rings. The molecule has 0 aliphatic heterocycles. The van der Waals surface area contributed by atoms with E-state index in [4.69, 9.17) is 0 Å². The van der Waals surface area contributed by atoms with Gasteiger partial charge in [0.15, 0.2) is 0 Å². The van der Waals surface area contributed by atoms with Gasteiger partial charge in [-0.3, -0.25) is 0 Å². The molecule has 26 rings (SSSR count). The molecule has 0 nitrogen and oxygen atoms in total. The SMILES string of the molecule is c1ccc(-c2ccc3ccc(-c4c5ccccc5c(-c5cccc6ccccc56)c5ccccc45)cc3c2)cc1.c1ccc2c(-c3ccc4cc(-c5c6ccccc6c(-c6cccc7ccccc67)c6ccccc56)ccc4c3)cccc2c1.c1ccc2cc(-c3ccc4cc(-c5c6ccccc6c(-c6cccc7ccccc67)c6ccccc56)ccc4c3)ccc2c1. The van der Waals surface area contributed by atoms with Crippen LogP contribution in [-0.2, 0) is 0 Å². The highest BCUT2D eigenvalue weighted by molar-refractivity contribution is 6.28. The Bertz CT molecular complexity index is 8760. The van der Waals surface area contributed by atoms with E-state index >= 15 is 0 Å². The van der Waals surface area contributed by atoms with Crippen LogP contribution in [0.4, 0.5) is 0 Å². The minimum absolute atomic E-state index is 1.24. The molecule has 0 aliphatic rings. The van der Waals surface area contributed by atoms with E-state index in [0.717, 1.165) is 0 Å². The van der Waals surface area contributed by atoms with Crippen molar-refractivity contribution in [2.24, 2.45) is 0 Å². The van der Waals surface area contributed by atoms with Gasteiger partial charge in [0.1, 0.15) is 0 Å². The Morgan fingerprint density at radius 2 is 0.266 bits per heavy atom. The summed E-state index contributed by atoms with van der Waals surface area (Å²) in [5.41, 5.74) is 22.9. The van der Waals surface area contributed by atoms with Crippen molar-refractivity contribution in [1.29, 1.82) is 0 Å². The van der Waals surface area contributed by atoms with Gasteiger partial charge in [-0.15, -0.1) is 0 Å². The number of hydrogen-bond acceptors (Lipinski definition) is 0. The maximum atomic E-state index is 2.37. The molecule has 0 spiro atoms. The molecule has 26 aromatic carbocycles. The lowest BCUT2D eigenvalue weighted by Gasteiger charge is -2.19. The summed E-state index contributed by atoms with van der Waals surface area (Å²) in [6, 6.07) is 182. The van der Waals surface area contributed by atoms with E-state index in [1.54, 1.807) is 0 Å². The number of fused-ring (bicyclic) bond motifs is 14. The molecule has 594 valence electrons. The molecule has 0 heteroatoms. The lowest BCUT2D eigenvalue weighted by Crippen LogP contribution is -1.91. The van der Waals surface area contributed by atoms with Gasteiger partial charge >= 0.3 is 0 Å². The van der Waals surface area contributed by atoms with Crippen LogP contribution in [-0.4, -0.2) is 0 Å². The molecule has 0 atom stereocenters. The molecule has 0 radical (unpaired) electrons. The van der Waals surface area contributed by atoms with Crippen LogP contribution in [0.15, 0.2) is 497 Å². The number of hydrogen-bond donors (Lipinski definition) is 0. The van der Waals surface area contributed by atoms with Gasteiger partial charge in [-0.1, -0.05) is 455 Å². The quantitative estimate of drug-likeness (QED) is 0.126. The predicted octanol–water partition coefficient (Wildman–Crippen LogP) is 36.2. The van der Waals surface area contributed by atoms with Crippen LogP contribution in [0.5, 0.6) is 0 Å². The third-order valence-corrected chi connectivity index (χ3v) is 26.6. The van der Waals surface area contributed by atoms with E-state index in [2.05, 4.69) is 497 Å². The van der Waals surface area contributed by atoms with Crippen LogP contribution in [0, 0.1) is 0 Å². The molecule has 0 amide bonds. The zero-order valence-corrected chi connectivity index (χ0v) is 70.3. The standard InChI is InChI=1S/2C44H28.C40H26/c1-3-15-35-29(11-1)13-9-21-37(35)33-25-23-32-28-34(26-24-31(32)27-33)43-39-17-5-7-19-41(39)44(42-20-8-6-18-40(42)43)38-22-10-14-30-12-2-4-16-36(30)38;1-2-12-31-26-32(21-20-29(31)10-1)33-22-23-35-28-36(25-24-34(35)27-33)43-39-15-5-7-17-41(39)44(42-18-8-6-16-40(42)43)38-19-9-13-30-11-3-4-14-37(30)38;1-2-11-27(12-3-1)30-23-21-28-22-24-31(26-32(28)25-30)39-35-16-6-8-18-37(35)40(38-19-9-7-17-36(38)39)34-20-10-14-29-13-4-5-15-33(29)34/h2*1-28H;1-26H. The average Bonchev–Trinajstić information content (AvgIpc) is 0.733. The Kier molecular flexibility index (Phi) is 18.7. The molecule has 0 heterocycles. The van der Waals surface area contributed by atoms with Gasteiger partial charge in [0.05, 0.1) is 0 Å². The van der Waals surface area contributed by atoms with Crippen LogP contribution < -0.4 is 0 Å². The molecule has 0 saturated heterocycles. The van der Waals surface area contributed by atoms with Crippen molar-refractivity contribution in [1.82, 2.24) is 0 Å². The molecule has 0 bridgehead atoms. The van der Waals surface area contributed by atoms with Crippen molar-refractivity contribution in [3.63, 3.8) is 0 Å². The van der Waals surface area contributed by atoms with Gasteiger partial charge in [0.25, 0.3) is 0 Å². The van der Waals surface area contributed by atoms with Gasteiger partial charge in [0.2, 0.25) is 0 Å². The zero-order chi connectivity index (χ0) is 84.5. The topological polar surface area (TPSA) is 0 Å². The van der Waals surface area contributed by atoms with Gasteiger partial charge < -0.3 is 0 Å². The molecule has 0 saturated carbocycles. The van der Waals surface area contributed by atoms with E-state index in [-0.39, 0.29) is 0 Å². The van der Waals surface area contributed by atoms with E-state index in [0.29, 0.717) is 0 Å². The minimum Gasteiger partial charge on any atom is -0.0622 e. The summed E-state index contributed by atoms with van der Waals surface area (Å²) in [7, 11) is 0. The molecule has 0 unspecified atom stereocenters. The molecular formula is C128H82. The van der Waals surface area contributed by atoms with Crippen molar-refractivity contribution < 1.29 is 0 Å². The molecule has 0 aromatic heterocycles. The highest BCUT2D eigenvalue weighted by atomic mass is 14.3. The number of rotatable bonds is 9. The van der Waals surface area contributed by atoms with Gasteiger partial charge in [-0.2, -0.15) is 0 Å². The van der Waals surface area contributed by atoms with E-state index in [1.807, 2.05) is 0 Å². The van der Waals surface area contributed by atoms with Gasteiger partial charge in [0, 0.05) is 0 Å². The van der Waals surface area contributed by atoms with Gasteiger partial charge in [-0.05, 0) is 293 Å². The Morgan fingerprint density at radius 1 is 0.0781 bits per heavy atom. The lowest BCUT2D eigenvalue weighted by atomic mass is 9.84. The second kappa shape index (κ2) is 31.9. The zero-order valence-electron chi connectivity index (χ0n) is 70.3. The molecule has 0 aliphatic carbocycles. The summed E-state index contributed by atoms with van der Waals surface area (Å²) in [5, 5.41) is 35.6. The van der Waals surface area contributed by atoms with Crippen LogP contribution in [0.25, 0.3) is 251 Å². The summed E-state index contributed by atoms with van der Waals surface area (Å²) < 4.78 is 0. The third-order valence-electron chi connectivity index (χ3n) is 26.6. The first kappa shape index (κ1) is 75.1. The van der Waals surface area contributed by atoms with Crippen molar-refractivity contribution in [2.45, 2.75) is 0 Å². The monoisotopic (exact) mass is 1620 g/mol. The first-order valence-corrected chi connectivity index (χ1v) is 44.4. The fourth-order valence-electron chi connectivity index (χ4n) is 20.7. The summed E-state index contributed by atoms with van der Waals surface area (Å²) in [5.74, 6) is 0. The maximum absolute atomic E-state index is 2.37. The Balaban J connectivity index is 0.000000107. The van der Waals surface area contributed by atoms with Crippen LogP contribution in [0.2, 0.25) is 0 Å². The number of benzene rings is 26. The second-order valence-electron chi connectivity index (χ2n) is 33.9. The maximum Gasteiger partial charge on any atom is -0.00201 e. The summed E-state index contributed by atoms with van der Waals surface area (Å²) in [4.78, 5) is 0. The Hall–Kier alpha value is -16.6.